The molecule has 7 heteroatoms. The molecule has 122 valence electrons. The van der Waals surface area contributed by atoms with Crippen molar-refractivity contribution >= 4 is 39.7 Å². The summed E-state index contributed by atoms with van der Waals surface area (Å²) in [7, 11) is 1.29. The van der Waals surface area contributed by atoms with Gasteiger partial charge < -0.3 is 9.72 Å². The molecule has 0 aliphatic rings. The molecular weight excluding hydrogens is 331 g/mol. The number of nitrogens with zero attached hydrogens (tertiary/aromatic N) is 1. The molecule has 0 amide bonds. The number of aromatic amines is 1. The number of methoxy groups -OCH3 is 1. The Morgan fingerprint density at radius 1 is 1.38 bits per heavy atom. The van der Waals surface area contributed by atoms with Gasteiger partial charge in [0.05, 0.1) is 12.5 Å². The second kappa shape index (κ2) is 6.37. The minimum Gasteiger partial charge on any atom is -0.465 e. The lowest BCUT2D eigenvalue weighted by Crippen LogP contribution is -2.09. The van der Waals surface area contributed by atoms with Crippen LogP contribution in [0.2, 0.25) is 0 Å². The normalized spacial score (nSPS) is 11.3. The summed E-state index contributed by atoms with van der Waals surface area (Å²) in [5, 5.41) is 0.378. The Morgan fingerprint density at radius 3 is 2.88 bits per heavy atom. The monoisotopic (exact) mass is 344 g/mol. The Bertz CT molecular complexity index is 1020. The van der Waals surface area contributed by atoms with Crippen LogP contribution in [0.1, 0.15) is 26.6 Å². The fraction of sp³-hybridized carbons (Fsp3) is 0.118. The summed E-state index contributed by atoms with van der Waals surface area (Å²) in [5.41, 5.74) is 0.870. The topological polar surface area (TPSA) is 72.0 Å². The number of fused-ring (bicyclic) bond motifs is 1. The number of hydrogen-bond donors (Lipinski definition) is 1. The maximum absolute atomic E-state index is 13.2. The maximum Gasteiger partial charge on any atom is 0.348 e. The first kappa shape index (κ1) is 16.1. The van der Waals surface area contributed by atoms with Crippen LogP contribution in [0, 0.1) is 12.7 Å². The Balaban J connectivity index is 2.05. The molecule has 0 unspecified atom stereocenters. The van der Waals surface area contributed by atoms with Crippen molar-refractivity contribution in [1.82, 2.24) is 9.97 Å². The van der Waals surface area contributed by atoms with E-state index in [1.165, 1.54) is 19.2 Å². The van der Waals surface area contributed by atoms with Crippen LogP contribution in [0.5, 0.6) is 0 Å². The van der Waals surface area contributed by atoms with Crippen LogP contribution in [0.25, 0.3) is 22.4 Å². The quantitative estimate of drug-likeness (QED) is 0.739. The summed E-state index contributed by atoms with van der Waals surface area (Å²) in [6.07, 6.45) is 3.23. The first-order chi connectivity index (χ1) is 11.5. The third-order valence-corrected chi connectivity index (χ3v) is 4.64. The second-order valence-electron chi connectivity index (χ2n) is 5.07. The average Bonchev–Trinajstić information content (AvgIpc) is 2.89. The number of esters is 1. The fourth-order valence-corrected chi connectivity index (χ4v) is 3.42. The Kier molecular flexibility index (Phi) is 4.26. The summed E-state index contributed by atoms with van der Waals surface area (Å²) in [4.78, 5) is 31.8. The standard InChI is InChI=1S/C17H13FN2O3S/c1-9-13-15(21)19-12(7-6-10-4-3-5-11(18)8-10)20-16(13)24-14(9)17(22)23-2/h3-8H,1-2H3,(H,19,20,21)/b7-6+. The zero-order chi connectivity index (χ0) is 17.3. The predicted octanol–water partition coefficient (Wildman–Crippen LogP) is 3.39. The van der Waals surface area contributed by atoms with Crippen molar-refractivity contribution < 1.29 is 13.9 Å². The molecule has 2 aromatic heterocycles. The number of hydrogen-bond acceptors (Lipinski definition) is 5. The number of thiophene rings is 1. The third-order valence-electron chi connectivity index (χ3n) is 3.47. The van der Waals surface area contributed by atoms with Gasteiger partial charge in [-0.05, 0) is 36.3 Å². The second-order valence-corrected chi connectivity index (χ2v) is 6.07. The van der Waals surface area contributed by atoms with Gasteiger partial charge in [0.1, 0.15) is 21.3 Å². The van der Waals surface area contributed by atoms with E-state index in [1.54, 1.807) is 31.2 Å². The highest BCUT2D eigenvalue weighted by Crippen LogP contribution is 2.27. The number of nitrogens with one attached hydrogen (secondary N) is 1. The molecule has 0 saturated heterocycles. The van der Waals surface area contributed by atoms with Gasteiger partial charge in [-0.25, -0.2) is 14.2 Å². The van der Waals surface area contributed by atoms with Crippen molar-refractivity contribution in [3.63, 3.8) is 0 Å². The summed E-state index contributed by atoms with van der Waals surface area (Å²) in [5.74, 6) is -0.508. The molecule has 0 fully saturated rings. The SMILES string of the molecule is COC(=O)c1sc2nc(/C=C/c3cccc(F)c3)[nH]c(=O)c2c1C. The molecule has 2 heterocycles. The van der Waals surface area contributed by atoms with E-state index >= 15 is 0 Å². The van der Waals surface area contributed by atoms with Gasteiger partial charge in [-0.3, -0.25) is 4.79 Å². The zero-order valence-corrected chi connectivity index (χ0v) is 13.7. The number of ether oxygens (including phenoxy) is 1. The van der Waals surface area contributed by atoms with Crippen molar-refractivity contribution in [2.75, 3.05) is 7.11 Å². The van der Waals surface area contributed by atoms with E-state index in [0.717, 1.165) is 11.3 Å². The minimum absolute atomic E-state index is 0.328. The summed E-state index contributed by atoms with van der Waals surface area (Å²) >= 11 is 1.11. The summed E-state index contributed by atoms with van der Waals surface area (Å²) in [6, 6.07) is 6.06. The average molecular weight is 344 g/mol. The molecule has 0 bridgehead atoms. The summed E-state index contributed by atoms with van der Waals surface area (Å²) in [6.45, 7) is 1.68. The van der Waals surface area contributed by atoms with Crippen LogP contribution in [-0.4, -0.2) is 23.0 Å². The van der Waals surface area contributed by atoms with E-state index in [1.807, 2.05) is 0 Å². The Morgan fingerprint density at radius 2 is 2.17 bits per heavy atom. The molecule has 0 aliphatic carbocycles. The molecule has 24 heavy (non-hydrogen) atoms. The number of carbonyl (C=O) groups excluding carboxylic acids is 1. The minimum atomic E-state index is -0.494. The van der Waals surface area contributed by atoms with E-state index in [-0.39, 0.29) is 11.4 Å². The molecule has 1 N–H and O–H groups in total. The van der Waals surface area contributed by atoms with Crippen LogP contribution < -0.4 is 5.56 Å². The Hall–Kier alpha value is -2.80. The van der Waals surface area contributed by atoms with Crippen molar-refractivity contribution in [2.45, 2.75) is 6.92 Å². The predicted molar refractivity (Wildman–Crippen MR) is 91.6 cm³/mol. The molecule has 3 rings (SSSR count). The van der Waals surface area contributed by atoms with Gasteiger partial charge in [-0.1, -0.05) is 18.2 Å². The number of H-pyrrole nitrogens is 1. The van der Waals surface area contributed by atoms with E-state index in [4.69, 9.17) is 4.74 Å². The first-order valence-electron chi connectivity index (χ1n) is 7.05. The zero-order valence-electron chi connectivity index (χ0n) is 12.9. The van der Waals surface area contributed by atoms with E-state index < -0.39 is 5.97 Å². The van der Waals surface area contributed by atoms with Gasteiger partial charge in [-0.15, -0.1) is 11.3 Å². The number of rotatable bonds is 3. The molecule has 1 aromatic carbocycles. The van der Waals surface area contributed by atoms with E-state index in [0.29, 0.717) is 32.0 Å². The number of benzene rings is 1. The van der Waals surface area contributed by atoms with Gasteiger partial charge in [0, 0.05) is 0 Å². The van der Waals surface area contributed by atoms with Gasteiger partial charge in [0.2, 0.25) is 0 Å². The lowest BCUT2D eigenvalue weighted by molar-refractivity contribution is 0.0605. The summed E-state index contributed by atoms with van der Waals surface area (Å²) < 4.78 is 17.9. The van der Waals surface area contributed by atoms with Gasteiger partial charge >= 0.3 is 5.97 Å². The lowest BCUT2D eigenvalue weighted by atomic mass is 10.2. The molecular formula is C17H13FN2O3S. The number of carbonyl (C=O) groups is 1. The Labute approximate surface area is 140 Å². The third kappa shape index (κ3) is 2.98. The molecule has 0 spiro atoms. The number of aromatic nitrogens is 2. The molecule has 3 aromatic rings. The van der Waals surface area contributed by atoms with Crippen LogP contribution in [0.15, 0.2) is 29.1 Å². The van der Waals surface area contributed by atoms with E-state index in [9.17, 15) is 14.0 Å². The van der Waals surface area contributed by atoms with E-state index in [2.05, 4.69) is 9.97 Å². The lowest BCUT2D eigenvalue weighted by Gasteiger charge is -1.96. The van der Waals surface area contributed by atoms with Crippen molar-refractivity contribution in [2.24, 2.45) is 0 Å². The maximum atomic E-state index is 13.2. The first-order valence-corrected chi connectivity index (χ1v) is 7.86. The van der Waals surface area contributed by atoms with Gasteiger partial charge in [-0.2, -0.15) is 0 Å². The molecule has 0 saturated carbocycles. The highest BCUT2D eigenvalue weighted by molar-refractivity contribution is 7.20. The van der Waals surface area contributed by atoms with Crippen molar-refractivity contribution in [1.29, 1.82) is 0 Å². The molecule has 0 atom stereocenters. The van der Waals surface area contributed by atoms with Crippen LogP contribution in [0.3, 0.4) is 0 Å². The molecule has 0 aliphatic heterocycles. The van der Waals surface area contributed by atoms with Crippen molar-refractivity contribution in [3.05, 3.63) is 62.3 Å². The van der Waals surface area contributed by atoms with Crippen LogP contribution >= 0.6 is 11.3 Å². The van der Waals surface area contributed by atoms with Gasteiger partial charge in [0.25, 0.3) is 5.56 Å². The number of halogens is 1. The largest absolute Gasteiger partial charge is 0.465 e. The smallest absolute Gasteiger partial charge is 0.348 e. The highest BCUT2D eigenvalue weighted by Gasteiger charge is 2.19. The molecule has 0 radical (unpaired) electrons. The number of aryl methyl sites for hydroxylation is 1. The fourth-order valence-electron chi connectivity index (χ4n) is 2.31. The highest BCUT2D eigenvalue weighted by atomic mass is 32.1. The van der Waals surface area contributed by atoms with Crippen LogP contribution in [-0.2, 0) is 4.74 Å². The van der Waals surface area contributed by atoms with Crippen LogP contribution in [0.4, 0.5) is 4.39 Å². The van der Waals surface area contributed by atoms with Gasteiger partial charge in [0.15, 0.2) is 0 Å². The molecule has 5 nitrogen and oxygen atoms in total. The van der Waals surface area contributed by atoms with Crippen molar-refractivity contribution in [3.8, 4) is 0 Å².